The molecule has 1 atom stereocenters. The van der Waals surface area contributed by atoms with Crippen molar-refractivity contribution in [1.82, 2.24) is 0 Å². The fourth-order valence-electron chi connectivity index (χ4n) is 1.61. The van der Waals surface area contributed by atoms with Crippen molar-refractivity contribution in [3.8, 4) is 0 Å². The Kier molecular flexibility index (Phi) is 3.95. The van der Waals surface area contributed by atoms with Crippen LogP contribution < -0.4 is 0 Å². The molecule has 0 saturated heterocycles. The molecule has 0 saturated carbocycles. The van der Waals surface area contributed by atoms with Gasteiger partial charge in [0.15, 0.2) is 0 Å². The molecule has 101 valence electrons. The minimum Gasteiger partial charge on any atom is -0.228 e. The Balaban J connectivity index is 3.56. The molecule has 0 spiro atoms. The third kappa shape index (κ3) is 2.95. The van der Waals surface area contributed by atoms with Crippen LogP contribution in [0.5, 0.6) is 0 Å². The fraction of sp³-hybridized carbons (Fsp3) is 0.455. The van der Waals surface area contributed by atoms with Crippen LogP contribution in [0.4, 0.5) is 26.3 Å². The minimum atomic E-state index is -4.98. The van der Waals surface area contributed by atoms with Gasteiger partial charge in [0.25, 0.3) is 0 Å². The lowest BCUT2D eigenvalue weighted by atomic mass is 9.94. The highest BCUT2D eigenvalue weighted by Crippen LogP contribution is 2.42. The van der Waals surface area contributed by atoms with Gasteiger partial charge in [-0.3, -0.25) is 0 Å². The highest BCUT2D eigenvalue weighted by molar-refractivity contribution is 5.40. The van der Waals surface area contributed by atoms with Crippen molar-refractivity contribution in [1.29, 1.82) is 0 Å². The van der Waals surface area contributed by atoms with E-state index in [4.69, 9.17) is 0 Å². The first kappa shape index (κ1) is 14.8. The molecule has 0 heterocycles. The predicted molar refractivity (Wildman–Crippen MR) is 50.2 cm³/mol. The Labute approximate surface area is 99.0 Å². The van der Waals surface area contributed by atoms with Gasteiger partial charge in [0.05, 0.1) is 11.1 Å². The van der Waals surface area contributed by atoms with Gasteiger partial charge in [-0.2, -0.15) is 26.3 Å². The van der Waals surface area contributed by atoms with Gasteiger partial charge in [0, 0.05) is 5.56 Å². The maximum absolute atomic E-state index is 12.6. The summed E-state index contributed by atoms with van der Waals surface area (Å²) in [6.45, 7) is 1.24. The zero-order valence-electron chi connectivity index (χ0n) is 9.19. The Morgan fingerprint density at radius 3 is 1.67 bits per heavy atom. The minimum absolute atomic E-state index is 0.351. The molecule has 0 aliphatic heterocycles. The van der Waals surface area contributed by atoms with Crippen LogP contribution in [0.3, 0.4) is 0 Å². The van der Waals surface area contributed by atoms with Gasteiger partial charge in [0.1, 0.15) is 6.10 Å². The highest BCUT2D eigenvalue weighted by atomic mass is 19.4. The van der Waals surface area contributed by atoms with Crippen molar-refractivity contribution in [2.24, 2.45) is 0 Å². The molecule has 0 aromatic heterocycles. The topological polar surface area (TPSA) is 19.9 Å². The van der Waals surface area contributed by atoms with Crippen LogP contribution in [-0.4, -0.2) is 0 Å². The lowest BCUT2D eigenvalue weighted by Crippen LogP contribution is -2.18. The normalized spacial score (nSPS) is 14.7. The van der Waals surface area contributed by atoms with Gasteiger partial charge >= 0.3 is 12.4 Å². The summed E-state index contributed by atoms with van der Waals surface area (Å²) in [6, 6.07) is 1.63. The Bertz CT molecular complexity index is 388. The van der Waals surface area contributed by atoms with E-state index in [1.165, 1.54) is 6.92 Å². The molecular weight excluding hydrogens is 262 g/mol. The zero-order chi connectivity index (χ0) is 14.1. The smallest absolute Gasteiger partial charge is 0.228 e. The van der Waals surface area contributed by atoms with Gasteiger partial charge in [0.2, 0.25) is 0 Å². The molecule has 1 rings (SSSR count). The SMILES string of the molecule is CCC([O])c1c(C(F)(F)F)cccc1C(F)(F)F. The summed E-state index contributed by atoms with van der Waals surface area (Å²) < 4.78 is 75.6. The van der Waals surface area contributed by atoms with Crippen LogP contribution in [-0.2, 0) is 17.5 Å². The van der Waals surface area contributed by atoms with E-state index >= 15 is 0 Å². The quantitative estimate of drug-likeness (QED) is 0.700. The molecule has 1 aromatic rings. The number of hydrogen-bond acceptors (Lipinski definition) is 0. The molecule has 0 fully saturated rings. The number of alkyl halides is 6. The van der Waals surface area contributed by atoms with Crippen molar-refractivity contribution in [3.05, 3.63) is 34.9 Å². The van der Waals surface area contributed by atoms with Crippen molar-refractivity contribution >= 4 is 0 Å². The summed E-state index contributed by atoms with van der Waals surface area (Å²) in [5, 5.41) is 11.4. The van der Waals surface area contributed by atoms with Crippen LogP contribution in [0.25, 0.3) is 0 Å². The van der Waals surface area contributed by atoms with E-state index in [0.29, 0.717) is 18.2 Å². The molecule has 18 heavy (non-hydrogen) atoms. The summed E-state index contributed by atoms with van der Waals surface area (Å²) in [4.78, 5) is 0. The fourth-order valence-corrected chi connectivity index (χ4v) is 1.61. The molecule has 0 bridgehead atoms. The van der Waals surface area contributed by atoms with Crippen LogP contribution in [0, 0.1) is 0 Å². The first-order chi connectivity index (χ1) is 8.09. The monoisotopic (exact) mass is 271 g/mol. The second kappa shape index (κ2) is 4.79. The summed E-state index contributed by atoms with van der Waals surface area (Å²) in [5.41, 5.74) is -4.25. The van der Waals surface area contributed by atoms with Gasteiger partial charge in [-0.1, -0.05) is 13.0 Å². The van der Waals surface area contributed by atoms with Crippen molar-refractivity contribution in [3.63, 3.8) is 0 Å². The van der Waals surface area contributed by atoms with E-state index in [0.717, 1.165) is 0 Å². The maximum atomic E-state index is 12.6. The van der Waals surface area contributed by atoms with Crippen molar-refractivity contribution < 1.29 is 31.4 Å². The Morgan fingerprint density at radius 1 is 1.00 bits per heavy atom. The summed E-state index contributed by atoms with van der Waals surface area (Å²) in [5.74, 6) is 0. The Morgan fingerprint density at radius 2 is 1.39 bits per heavy atom. The van der Waals surface area contributed by atoms with E-state index < -0.39 is 35.1 Å². The molecular formula is C11H9F6O. The first-order valence-corrected chi connectivity index (χ1v) is 5.02. The summed E-state index contributed by atoms with van der Waals surface area (Å²) in [6.07, 6.45) is -12.4. The number of rotatable bonds is 2. The molecule has 0 amide bonds. The van der Waals surface area contributed by atoms with E-state index in [1.54, 1.807) is 0 Å². The van der Waals surface area contributed by atoms with Crippen molar-refractivity contribution in [2.45, 2.75) is 31.8 Å². The van der Waals surface area contributed by atoms with Gasteiger partial charge in [-0.15, -0.1) is 0 Å². The molecule has 0 N–H and O–H groups in total. The highest BCUT2D eigenvalue weighted by Gasteiger charge is 2.42. The van der Waals surface area contributed by atoms with E-state index in [1.807, 2.05) is 0 Å². The molecule has 0 aliphatic rings. The zero-order valence-corrected chi connectivity index (χ0v) is 9.19. The summed E-state index contributed by atoms with van der Waals surface area (Å²) >= 11 is 0. The first-order valence-electron chi connectivity index (χ1n) is 5.02. The molecule has 0 aliphatic carbocycles. The third-order valence-corrected chi connectivity index (χ3v) is 2.41. The molecule has 1 nitrogen and oxygen atoms in total. The average Bonchev–Trinajstić information content (AvgIpc) is 2.24. The lowest BCUT2D eigenvalue weighted by Gasteiger charge is -2.20. The van der Waals surface area contributed by atoms with Crippen LogP contribution >= 0.6 is 0 Å². The number of benzene rings is 1. The standard InChI is InChI=1S/C11H9F6O/c1-2-8(18)9-6(10(12,13)14)4-3-5-7(9)11(15,16)17/h3-5,8H,2H2,1H3. The molecule has 1 unspecified atom stereocenters. The molecule has 7 heteroatoms. The van der Waals surface area contributed by atoms with Crippen LogP contribution in [0.2, 0.25) is 0 Å². The second-order valence-electron chi connectivity index (χ2n) is 3.66. The van der Waals surface area contributed by atoms with E-state index in [2.05, 4.69) is 0 Å². The van der Waals surface area contributed by atoms with Gasteiger partial charge < -0.3 is 0 Å². The number of halogens is 6. The predicted octanol–water partition coefficient (Wildman–Crippen LogP) is 4.61. The third-order valence-electron chi connectivity index (χ3n) is 2.41. The van der Waals surface area contributed by atoms with Gasteiger partial charge in [-0.25, -0.2) is 5.11 Å². The molecule has 1 radical (unpaired) electrons. The molecule has 1 aromatic carbocycles. The summed E-state index contributed by atoms with van der Waals surface area (Å²) in [7, 11) is 0. The average molecular weight is 271 g/mol. The van der Waals surface area contributed by atoms with Crippen LogP contribution in [0.1, 0.15) is 36.1 Å². The Hall–Kier alpha value is -1.24. The lowest BCUT2D eigenvalue weighted by molar-refractivity contribution is -0.147. The van der Waals surface area contributed by atoms with E-state index in [9.17, 15) is 31.4 Å². The number of hydrogen-bond donors (Lipinski definition) is 0. The largest absolute Gasteiger partial charge is 0.416 e. The van der Waals surface area contributed by atoms with Crippen LogP contribution in [0.15, 0.2) is 18.2 Å². The van der Waals surface area contributed by atoms with E-state index in [-0.39, 0.29) is 6.42 Å². The maximum Gasteiger partial charge on any atom is 0.416 e. The van der Waals surface area contributed by atoms with Crippen molar-refractivity contribution in [2.75, 3.05) is 0 Å². The second-order valence-corrected chi connectivity index (χ2v) is 3.66. The van der Waals surface area contributed by atoms with Gasteiger partial charge in [-0.05, 0) is 18.6 Å².